The SMILES string of the molecule is COc1ccc(C(=O)Nc2ccc(Cl)cc2C(=O)N2CCC[C@H](C)C2)cc1. The molecule has 1 aliphatic rings. The van der Waals surface area contributed by atoms with Crippen molar-refractivity contribution in [2.45, 2.75) is 19.8 Å². The molecule has 0 bridgehead atoms. The highest BCUT2D eigenvalue weighted by Crippen LogP contribution is 2.25. The van der Waals surface area contributed by atoms with Crippen LogP contribution in [0.5, 0.6) is 5.75 Å². The van der Waals surface area contributed by atoms with Crippen LogP contribution >= 0.6 is 11.6 Å². The highest BCUT2D eigenvalue weighted by molar-refractivity contribution is 6.31. The maximum Gasteiger partial charge on any atom is 0.256 e. The summed E-state index contributed by atoms with van der Waals surface area (Å²) in [6.07, 6.45) is 2.11. The molecule has 1 saturated heterocycles. The minimum absolute atomic E-state index is 0.103. The predicted octanol–water partition coefficient (Wildman–Crippen LogP) is 4.47. The summed E-state index contributed by atoms with van der Waals surface area (Å²) in [6, 6.07) is 11.8. The number of carbonyl (C=O) groups excluding carboxylic acids is 2. The summed E-state index contributed by atoms with van der Waals surface area (Å²) in [4.78, 5) is 27.4. The van der Waals surface area contributed by atoms with E-state index in [2.05, 4.69) is 12.2 Å². The number of anilines is 1. The number of nitrogens with one attached hydrogen (secondary N) is 1. The lowest BCUT2D eigenvalue weighted by Gasteiger charge is -2.31. The highest BCUT2D eigenvalue weighted by atomic mass is 35.5. The third-order valence-corrected chi connectivity index (χ3v) is 4.99. The predicted molar refractivity (Wildman–Crippen MR) is 107 cm³/mol. The number of halogens is 1. The molecule has 2 aromatic carbocycles. The van der Waals surface area contributed by atoms with E-state index in [0.29, 0.717) is 33.5 Å². The van der Waals surface area contributed by atoms with Crippen molar-refractivity contribution >= 4 is 29.1 Å². The van der Waals surface area contributed by atoms with Crippen molar-refractivity contribution in [3.63, 3.8) is 0 Å². The number of hydrogen-bond donors (Lipinski definition) is 1. The molecule has 2 amide bonds. The lowest BCUT2D eigenvalue weighted by molar-refractivity contribution is 0.0684. The van der Waals surface area contributed by atoms with Gasteiger partial charge in [-0.1, -0.05) is 18.5 Å². The lowest BCUT2D eigenvalue weighted by atomic mass is 9.99. The van der Waals surface area contributed by atoms with E-state index in [4.69, 9.17) is 16.3 Å². The highest BCUT2D eigenvalue weighted by Gasteiger charge is 2.24. The second kappa shape index (κ2) is 8.44. The fourth-order valence-corrected chi connectivity index (χ4v) is 3.46. The van der Waals surface area contributed by atoms with Crippen molar-refractivity contribution in [1.29, 1.82) is 0 Å². The zero-order valence-electron chi connectivity index (χ0n) is 15.5. The van der Waals surface area contributed by atoms with E-state index < -0.39 is 0 Å². The fourth-order valence-electron chi connectivity index (χ4n) is 3.28. The molecule has 27 heavy (non-hydrogen) atoms. The molecule has 0 radical (unpaired) electrons. The molecule has 1 aliphatic heterocycles. The number of ether oxygens (including phenoxy) is 1. The second-order valence-electron chi connectivity index (χ2n) is 6.87. The first-order valence-electron chi connectivity index (χ1n) is 9.02. The first-order valence-corrected chi connectivity index (χ1v) is 9.40. The summed E-state index contributed by atoms with van der Waals surface area (Å²) >= 11 is 6.12. The Hall–Kier alpha value is -2.53. The van der Waals surface area contributed by atoms with Crippen LogP contribution in [-0.4, -0.2) is 36.9 Å². The number of nitrogens with zero attached hydrogens (tertiary/aromatic N) is 1. The Bertz CT molecular complexity index is 836. The lowest BCUT2D eigenvalue weighted by Crippen LogP contribution is -2.39. The minimum atomic E-state index is -0.291. The van der Waals surface area contributed by atoms with E-state index in [1.807, 2.05) is 4.90 Å². The molecular weight excluding hydrogens is 364 g/mol. The number of hydrogen-bond acceptors (Lipinski definition) is 3. The summed E-state index contributed by atoms with van der Waals surface area (Å²) in [5, 5.41) is 3.30. The van der Waals surface area contributed by atoms with Crippen LogP contribution in [-0.2, 0) is 0 Å². The number of amides is 2. The standard InChI is InChI=1S/C21H23ClN2O3/c1-14-4-3-11-24(13-14)21(26)18-12-16(22)7-10-19(18)23-20(25)15-5-8-17(27-2)9-6-15/h5-10,12,14H,3-4,11,13H2,1-2H3,(H,23,25)/t14-/m0/s1. The van der Waals surface area contributed by atoms with Gasteiger partial charge in [0.25, 0.3) is 11.8 Å². The van der Waals surface area contributed by atoms with Gasteiger partial charge < -0.3 is 15.0 Å². The molecule has 142 valence electrons. The Kier molecular flexibility index (Phi) is 6.01. The number of benzene rings is 2. The smallest absolute Gasteiger partial charge is 0.256 e. The van der Waals surface area contributed by atoms with Gasteiger partial charge in [0.15, 0.2) is 0 Å². The van der Waals surface area contributed by atoms with E-state index >= 15 is 0 Å². The number of rotatable bonds is 4. The topological polar surface area (TPSA) is 58.6 Å². The molecule has 2 aromatic rings. The van der Waals surface area contributed by atoms with Crippen LogP contribution in [0, 0.1) is 5.92 Å². The summed E-state index contributed by atoms with van der Waals surface area (Å²) in [6.45, 7) is 3.59. The van der Waals surface area contributed by atoms with Crippen molar-refractivity contribution < 1.29 is 14.3 Å². The second-order valence-corrected chi connectivity index (χ2v) is 7.31. The van der Waals surface area contributed by atoms with Gasteiger partial charge in [-0.15, -0.1) is 0 Å². The third-order valence-electron chi connectivity index (χ3n) is 4.76. The molecular formula is C21H23ClN2O3. The van der Waals surface area contributed by atoms with Gasteiger partial charge >= 0.3 is 0 Å². The first kappa shape index (κ1) is 19.2. The molecule has 0 aromatic heterocycles. The Morgan fingerprint density at radius 1 is 1.19 bits per heavy atom. The van der Waals surface area contributed by atoms with Crippen molar-refractivity contribution in [3.05, 3.63) is 58.6 Å². The zero-order chi connectivity index (χ0) is 19.4. The Labute approximate surface area is 164 Å². The molecule has 0 aliphatic carbocycles. The third kappa shape index (κ3) is 4.61. The molecule has 0 spiro atoms. The molecule has 1 heterocycles. The summed E-state index contributed by atoms with van der Waals surface area (Å²) in [5.41, 5.74) is 1.36. The summed E-state index contributed by atoms with van der Waals surface area (Å²) < 4.78 is 5.11. The normalized spacial score (nSPS) is 16.7. The minimum Gasteiger partial charge on any atom is -0.497 e. The fraction of sp³-hybridized carbons (Fsp3) is 0.333. The van der Waals surface area contributed by atoms with Crippen LogP contribution in [0.3, 0.4) is 0 Å². The Morgan fingerprint density at radius 2 is 1.93 bits per heavy atom. The van der Waals surface area contributed by atoms with E-state index in [0.717, 1.165) is 25.9 Å². The Balaban J connectivity index is 1.82. The number of methoxy groups -OCH3 is 1. The maximum absolute atomic E-state index is 13.0. The van der Waals surface area contributed by atoms with Gasteiger partial charge in [0.2, 0.25) is 0 Å². The largest absolute Gasteiger partial charge is 0.497 e. The first-order chi connectivity index (χ1) is 13.0. The Morgan fingerprint density at radius 3 is 2.59 bits per heavy atom. The van der Waals surface area contributed by atoms with Gasteiger partial charge in [-0.2, -0.15) is 0 Å². The number of likely N-dealkylation sites (tertiary alicyclic amines) is 1. The molecule has 5 nitrogen and oxygen atoms in total. The molecule has 1 atom stereocenters. The van der Waals surface area contributed by atoms with Gasteiger partial charge in [0.05, 0.1) is 18.4 Å². The molecule has 3 rings (SSSR count). The average molecular weight is 387 g/mol. The monoisotopic (exact) mass is 386 g/mol. The van der Waals surface area contributed by atoms with Crippen LogP contribution in [0.4, 0.5) is 5.69 Å². The van der Waals surface area contributed by atoms with Gasteiger partial charge in [-0.3, -0.25) is 9.59 Å². The number of piperidine rings is 1. The van der Waals surface area contributed by atoms with Crippen molar-refractivity contribution in [2.75, 3.05) is 25.5 Å². The van der Waals surface area contributed by atoms with Crippen LogP contribution in [0.25, 0.3) is 0 Å². The number of carbonyl (C=O) groups is 2. The molecule has 1 fully saturated rings. The van der Waals surface area contributed by atoms with Gasteiger partial charge in [-0.05, 0) is 61.2 Å². The quantitative estimate of drug-likeness (QED) is 0.843. The molecule has 1 N–H and O–H groups in total. The van der Waals surface area contributed by atoms with E-state index in [9.17, 15) is 9.59 Å². The van der Waals surface area contributed by atoms with Gasteiger partial charge in [0, 0.05) is 23.7 Å². The van der Waals surface area contributed by atoms with Crippen LogP contribution in [0.1, 0.15) is 40.5 Å². The van der Waals surface area contributed by atoms with E-state index in [1.54, 1.807) is 49.6 Å². The van der Waals surface area contributed by atoms with Crippen LogP contribution in [0.15, 0.2) is 42.5 Å². The van der Waals surface area contributed by atoms with Gasteiger partial charge in [-0.25, -0.2) is 0 Å². The molecule has 0 saturated carbocycles. The molecule has 0 unspecified atom stereocenters. The average Bonchev–Trinajstić information content (AvgIpc) is 2.68. The molecule has 6 heteroatoms. The summed E-state index contributed by atoms with van der Waals surface area (Å²) in [5.74, 6) is 0.752. The van der Waals surface area contributed by atoms with Crippen LogP contribution < -0.4 is 10.1 Å². The van der Waals surface area contributed by atoms with E-state index in [1.165, 1.54) is 0 Å². The van der Waals surface area contributed by atoms with Crippen molar-refractivity contribution in [1.82, 2.24) is 4.90 Å². The van der Waals surface area contributed by atoms with Crippen molar-refractivity contribution in [3.8, 4) is 5.75 Å². The van der Waals surface area contributed by atoms with Gasteiger partial charge in [0.1, 0.15) is 5.75 Å². The zero-order valence-corrected chi connectivity index (χ0v) is 16.3. The van der Waals surface area contributed by atoms with Crippen LogP contribution in [0.2, 0.25) is 5.02 Å². The summed E-state index contributed by atoms with van der Waals surface area (Å²) in [7, 11) is 1.57. The maximum atomic E-state index is 13.0. The van der Waals surface area contributed by atoms with Crippen molar-refractivity contribution in [2.24, 2.45) is 5.92 Å². The van der Waals surface area contributed by atoms with E-state index in [-0.39, 0.29) is 11.8 Å².